The number of anilines is 1. The molecule has 0 aliphatic rings. The number of nitrogens with zero attached hydrogens (tertiary/aromatic N) is 1. The Morgan fingerprint density at radius 1 is 1.07 bits per heavy atom. The number of nitrogens with one attached hydrogen (secondary N) is 1. The van der Waals surface area contributed by atoms with E-state index in [0.29, 0.717) is 42.6 Å². The number of carbonyl (C=O) groups excluding carboxylic acids is 1. The molecule has 0 aliphatic carbocycles. The molecule has 0 heterocycles. The first-order valence-electron chi connectivity index (χ1n) is 10.1. The van der Waals surface area contributed by atoms with Gasteiger partial charge in [-0.15, -0.1) is 0 Å². The zero-order valence-corrected chi connectivity index (χ0v) is 19.2. The maximum atomic E-state index is 12.5. The standard InChI is InChI=1S/C22H29ClN2O4S/c1-4-15-29-21-13-10-18(23)16-20(21)24-22(26)14-9-17-7-11-19(12-8-17)30(27,28)25(5-2)6-3/h7-8,10-13,16H,4-6,9,14-15H2,1-3H3,(H,24,26). The fraction of sp³-hybridized carbons (Fsp3) is 0.409. The van der Waals surface area contributed by atoms with Crippen LogP contribution in [-0.2, 0) is 21.2 Å². The lowest BCUT2D eigenvalue weighted by atomic mass is 10.1. The molecule has 0 radical (unpaired) electrons. The van der Waals surface area contributed by atoms with E-state index in [4.69, 9.17) is 16.3 Å². The molecule has 1 N–H and O–H groups in total. The third kappa shape index (κ3) is 6.45. The number of rotatable bonds is 11. The molecule has 2 aromatic rings. The number of hydrogen-bond donors (Lipinski definition) is 1. The van der Waals surface area contributed by atoms with Crippen molar-refractivity contribution in [2.24, 2.45) is 0 Å². The van der Waals surface area contributed by atoms with Crippen molar-refractivity contribution in [1.82, 2.24) is 4.31 Å². The molecule has 0 spiro atoms. The van der Waals surface area contributed by atoms with Crippen LogP contribution >= 0.6 is 11.6 Å². The third-order valence-electron chi connectivity index (χ3n) is 4.58. The van der Waals surface area contributed by atoms with Gasteiger partial charge in [-0.2, -0.15) is 4.31 Å². The van der Waals surface area contributed by atoms with Crippen LogP contribution in [0.3, 0.4) is 0 Å². The van der Waals surface area contributed by atoms with Crippen molar-refractivity contribution in [3.63, 3.8) is 0 Å². The van der Waals surface area contributed by atoms with Crippen LogP contribution in [0.1, 0.15) is 39.2 Å². The molecule has 164 valence electrons. The van der Waals surface area contributed by atoms with Gasteiger partial charge in [0, 0.05) is 24.5 Å². The zero-order chi connectivity index (χ0) is 22.1. The summed E-state index contributed by atoms with van der Waals surface area (Å²) >= 11 is 6.04. The van der Waals surface area contributed by atoms with Gasteiger partial charge in [0.2, 0.25) is 15.9 Å². The summed E-state index contributed by atoms with van der Waals surface area (Å²) in [6.07, 6.45) is 1.60. The average molecular weight is 453 g/mol. The van der Waals surface area contributed by atoms with Crippen molar-refractivity contribution in [3.05, 3.63) is 53.1 Å². The van der Waals surface area contributed by atoms with Crippen molar-refractivity contribution in [2.45, 2.75) is 44.9 Å². The van der Waals surface area contributed by atoms with Crippen LogP contribution in [0.25, 0.3) is 0 Å². The second-order valence-electron chi connectivity index (χ2n) is 6.77. The Hall–Kier alpha value is -2.09. The summed E-state index contributed by atoms with van der Waals surface area (Å²) in [6.45, 7) is 7.03. The Balaban J connectivity index is 2.00. The van der Waals surface area contributed by atoms with Gasteiger partial charge in [0.15, 0.2) is 0 Å². The average Bonchev–Trinajstić information content (AvgIpc) is 2.72. The summed E-state index contributed by atoms with van der Waals surface area (Å²) in [5.41, 5.74) is 1.43. The minimum atomic E-state index is -3.48. The highest BCUT2D eigenvalue weighted by atomic mass is 35.5. The molecule has 8 heteroatoms. The van der Waals surface area contributed by atoms with Crippen LogP contribution in [-0.4, -0.2) is 38.3 Å². The molecule has 2 rings (SSSR count). The largest absolute Gasteiger partial charge is 0.491 e. The van der Waals surface area contributed by atoms with Crippen molar-refractivity contribution in [1.29, 1.82) is 0 Å². The second kappa shape index (κ2) is 11.3. The smallest absolute Gasteiger partial charge is 0.243 e. The molecule has 6 nitrogen and oxygen atoms in total. The van der Waals surface area contributed by atoms with Crippen molar-refractivity contribution in [3.8, 4) is 5.75 Å². The SMILES string of the molecule is CCCOc1ccc(Cl)cc1NC(=O)CCc1ccc(S(=O)(=O)N(CC)CC)cc1. The highest BCUT2D eigenvalue weighted by molar-refractivity contribution is 7.89. The van der Waals surface area contributed by atoms with Crippen molar-refractivity contribution < 1.29 is 17.9 Å². The Morgan fingerprint density at radius 2 is 1.73 bits per heavy atom. The number of benzene rings is 2. The fourth-order valence-electron chi connectivity index (χ4n) is 2.95. The molecular formula is C22H29ClN2O4S. The van der Waals surface area contributed by atoms with Gasteiger partial charge in [0.1, 0.15) is 5.75 Å². The summed E-state index contributed by atoms with van der Waals surface area (Å²) in [5.74, 6) is 0.416. The van der Waals surface area contributed by atoms with Gasteiger partial charge in [0.25, 0.3) is 0 Å². The highest BCUT2D eigenvalue weighted by Gasteiger charge is 2.21. The van der Waals surface area contributed by atoms with E-state index in [9.17, 15) is 13.2 Å². The van der Waals surface area contributed by atoms with Crippen molar-refractivity contribution >= 4 is 33.2 Å². The minimum Gasteiger partial charge on any atom is -0.491 e. The molecule has 0 aromatic heterocycles. The van der Waals surface area contributed by atoms with E-state index in [0.717, 1.165) is 12.0 Å². The number of amides is 1. The molecule has 0 bridgehead atoms. The first-order chi connectivity index (χ1) is 14.3. The quantitative estimate of drug-likeness (QED) is 0.534. The van der Waals surface area contributed by atoms with Crippen LogP contribution < -0.4 is 10.1 Å². The monoisotopic (exact) mass is 452 g/mol. The number of carbonyl (C=O) groups is 1. The lowest BCUT2D eigenvalue weighted by Crippen LogP contribution is -2.30. The van der Waals surface area contributed by atoms with Crippen LogP contribution in [0.2, 0.25) is 5.02 Å². The van der Waals surface area contributed by atoms with Crippen LogP contribution in [0.5, 0.6) is 5.75 Å². The molecule has 30 heavy (non-hydrogen) atoms. The third-order valence-corrected chi connectivity index (χ3v) is 6.88. The van der Waals surface area contributed by atoms with Crippen LogP contribution in [0.15, 0.2) is 47.4 Å². The minimum absolute atomic E-state index is 0.168. The molecule has 0 saturated heterocycles. The molecule has 2 aromatic carbocycles. The van der Waals surface area contributed by atoms with Gasteiger partial charge in [-0.25, -0.2) is 8.42 Å². The van der Waals surface area contributed by atoms with Crippen LogP contribution in [0, 0.1) is 0 Å². The van der Waals surface area contributed by atoms with E-state index in [1.807, 2.05) is 20.8 Å². The number of aryl methyl sites for hydroxylation is 1. The van der Waals surface area contributed by atoms with Gasteiger partial charge < -0.3 is 10.1 Å². The van der Waals surface area contributed by atoms with Gasteiger partial charge in [0.05, 0.1) is 17.2 Å². The highest BCUT2D eigenvalue weighted by Crippen LogP contribution is 2.28. The Morgan fingerprint density at radius 3 is 2.33 bits per heavy atom. The lowest BCUT2D eigenvalue weighted by Gasteiger charge is -2.18. The number of halogens is 1. The first kappa shape index (κ1) is 24.2. The summed E-state index contributed by atoms with van der Waals surface area (Å²) < 4.78 is 32.2. The fourth-order valence-corrected chi connectivity index (χ4v) is 4.58. The second-order valence-corrected chi connectivity index (χ2v) is 9.14. The van der Waals surface area contributed by atoms with E-state index < -0.39 is 10.0 Å². The maximum Gasteiger partial charge on any atom is 0.243 e. The number of ether oxygens (including phenoxy) is 1. The van der Waals surface area contributed by atoms with Gasteiger partial charge in [-0.1, -0.05) is 44.5 Å². The van der Waals surface area contributed by atoms with E-state index in [2.05, 4.69) is 5.32 Å². The zero-order valence-electron chi connectivity index (χ0n) is 17.7. The van der Waals surface area contributed by atoms with Gasteiger partial charge >= 0.3 is 0 Å². The summed E-state index contributed by atoms with van der Waals surface area (Å²) in [4.78, 5) is 12.7. The summed E-state index contributed by atoms with van der Waals surface area (Å²) in [6, 6.07) is 11.8. The topological polar surface area (TPSA) is 75.7 Å². The predicted octanol–water partition coefficient (Wildman–Crippen LogP) is 4.73. The first-order valence-corrected chi connectivity index (χ1v) is 11.9. The Labute approximate surface area is 184 Å². The molecule has 0 unspecified atom stereocenters. The van der Waals surface area contributed by atoms with Gasteiger partial charge in [-0.3, -0.25) is 4.79 Å². The van der Waals surface area contributed by atoms with Gasteiger partial charge in [-0.05, 0) is 48.7 Å². The molecule has 0 fully saturated rings. The lowest BCUT2D eigenvalue weighted by molar-refractivity contribution is -0.116. The molecule has 0 aliphatic heterocycles. The number of sulfonamides is 1. The molecule has 1 amide bonds. The van der Waals surface area contributed by atoms with E-state index in [-0.39, 0.29) is 17.2 Å². The summed E-state index contributed by atoms with van der Waals surface area (Å²) in [7, 11) is -3.48. The van der Waals surface area contributed by atoms with Crippen LogP contribution in [0.4, 0.5) is 5.69 Å². The van der Waals surface area contributed by atoms with E-state index in [1.165, 1.54) is 4.31 Å². The summed E-state index contributed by atoms with van der Waals surface area (Å²) in [5, 5.41) is 3.36. The predicted molar refractivity (Wildman–Crippen MR) is 121 cm³/mol. The van der Waals surface area contributed by atoms with Crippen molar-refractivity contribution in [2.75, 3.05) is 25.0 Å². The normalized spacial score (nSPS) is 11.5. The molecular weight excluding hydrogens is 424 g/mol. The molecule has 0 saturated carbocycles. The molecule has 0 atom stereocenters. The maximum absolute atomic E-state index is 12.5. The number of hydrogen-bond acceptors (Lipinski definition) is 4. The Bertz CT molecular complexity index is 942. The Kier molecular flexibility index (Phi) is 9.14. The van der Waals surface area contributed by atoms with E-state index in [1.54, 1.807) is 42.5 Å². The van der Waals surface area contributed by atoms with E-state index >= 15 is 0 Å².